The molecule has 0 heterocycles. The molecule has 3 aromatic carbocycles. The summed E-state index contributed by atoms with van der Waals surface area (Å²) < 4.78 is 11.0. The molecule has 0 bridgehead atoms. The highest BCUT2D eigenvalue weighted by molar-refractivity contribution is 6.32. The van der Waals surface area contributed by atoms with Crippen molar-refractivity contribution < 1.29 is 14.3 Å². The number of hydrogen-bond donors (Lipinski definition) is 1. The summed E-state index contributed by atoms with van der Waals surface area (Å²) in [6.07, 6.45) is 1.52. The minimum absolute atomic E-state index is 0.355. The maximum Gasteiger partial charge on any atom is 0.275 e. The van der Waals surface area contributed by atoms with Crippen LogP contribution in [0, 0.1) is 6.92 Å². The van der Waals surface area contributed by atoms with Crippen molar-refractivity contribution in [3.8, 4) is 11.5 Å². The Hall–Kier alpha value is -3.31. The van der Waals surface area contributed by atoms with E-state index in [2.05, 4.69) is 10.5 Å². The van der Waals surface area contributed by atoms with E-state index < -0.39 is 0 Å². The Morgan fingerprint density at radius 1 is 1.07 bits per heavy atom. The maximum atomic E-state index is 12.3. The zero-order valence-electron chi connectivity index (χ0n) is 16.2. The van der Waals surface area contributed by atoms with Crippen LogP contribution in [0.2, 0.25) is 5.02 Å². The number of hydrazone groups is 1. The van der Waals surface area contributed by atoms with Gasteiger partial charge in [-0.2, -0.15) is 5.10 Å². The molecular formula is C23H21ClN2O3. The zero-order valence-corrected chi connectivity index (χ0v) is 16.9. The molecule has 0 atom stereocenters. The molecule has 0 aliphatic carbocycles. The van der Waals surface area contributed by atoms with E-state index in [1.165, 1.54) is 13.3 Å². The Bertz CT molecular complexity index is 1020. The van der Waals surface area contributed by atoms with Crippen molar-refractivity contribution >= 4 is 23.7 Å². The normalized spacial score (nSPS) is 10.7. The quantitative estimate of drug-likeness (QED) is 0.442. The fraction of sp³-hybridized carbons (Fsp3) is 0.130. The number of hydrogen-bond acceptors (Lipinski definition) is 4. The Morgan fingerprint density at radius 2 is 1.86 bits per heavy atom. The molecule has 148 valence electrons. The lowest BCUT2D eigenvalue weighted by atomic mass is 10.1. The maximum absolute atomic E-state index is 12.3. The van der Waals surface area contributed by atoms with Crippen LogP contribution in [0.5, 0.6) is 11.5 Å². The third-order valence-electron chi connectivity index (χ3n) is 4.17. The first-order valence-corrected chi connectivity index (χ1v) is 9.39. The summed E-state index contributed by atoms with van der Waals surface area (Å²) >= 11 is 6.30. The molecule has 5 nitrogen and oxygen atoms in total. The van der Waals surface area contributed by atoms with E-state index in [0.717, 1.165) is 16.7 Å². The predicted octanol–water partition coefficient (Wildman–Crippen LogP) is 5.00. The van der Waals surface area contributed by atoms with Gasteiger partial charge in [0, 0.05) is 0 Å². The molecule has 0 aromatic heterocycles. The molecule has 0 spiro atoms. The summed E-state index contributed by atoms with van der Waals surface area (Å²) in [6, 6.07) is 20.5. The van der Waals surface area contributed by atoms with Crippen molar-refractivity contribution in [3.63, 3.8) is 0 Å². The number of carbonyl (C=O) groups is 1. The molecule has 3 aromatic rings. The first kappa shape index (κ1) is 20.4. The van der Waals surface area contributed by atoms with Gasteiger partial charge in [0.15, 0.2) is 0 Å². The van der Waals surface area contributed by atoms with Crippen LogP contribution >= 0.6 is 11.6 Å². The van der Waals surface area contributed by atoms with E-state index in [1.54, 1.807) is 24.3 Å². The van der Waals surface area contributed by atoms with Gasteiger partial charge in [0.1, 0.15) is 18.1 Å². The largest absolute Gasteiger partial charge is 0.496 e. The lowest BCUT2D eigenvalue weighted by Gasteiger charge is -2.09. The van der Waals surface area contributed by atoms with Gasteiger partial charge in [-0.3, -0.25) is 4.79 Å². The van der Waals surface area contributed by atoms with E-state index in [4.69, 9.17) is 21.1 Å². The highest BCUT2D eigenvalue weighted by Gasteiger charge is 2.11. The van der Waals surface area contributed by atoms with Crippen LogP contribution in [-0.4, -0.2) is 19.2 Å². The molecule has 0 radical (unpaired) electrons. The number of aryl methyl sites for hydroxylation is 1. The first-order valence-electron chi connectivity index (χ1n) is 9.01. The molecule has 0 saturated heterocycles. The summed E-state index contributed by atoms with van der Waals surface area (Å²) in [5.41, 5.74) is 5.71. The van der Waals surface area contributed by atoms with Gasteiger partial charge in [0.2, 0.25) is 0 Å². The van der Waals surface area contributed by atoms with Gasteiger partial charge in [-0.25, -0.2) is 5.43 Å². The second-order valence-electron chi connectivity index (χ2n) is 6.37. The summed E-state index contributed by atoms with van der Waals surface area (Å²) in [4.78, 5) is 12.3. The summed E-state index contributed by atoms with van der Waals surface area (Å²) in [7, 11) is 1.53. The smallest absolute Gasteiger partial charge is 0.275 e. The number of rotatable bonds is 7. The van der Waals surface area contributed by atoms with Crippen LogP contribution in [0.25, 0.3) is 0 Å². The van der Waals surface area contributed by atoms with Crippen molar-refractivity contribution in [2.24, 2.45) is 5.10 Å². The van der Waals surface area contributed by atoms with E-state index in [1.807, 2.05) is 49.4 Å². The van der Waals surface area contributed by atoms with Crippen LogP contribution in [0.15, 0.2) is 71.8 Å². The van der Waals surface area contributed by atoms with Gasteiger partial charge in [0.25, 0.3) is 5.91 Å². The second kappa shape index (κ2) is 9.75. The van der Waals surface area contributed by atoms with E-state index >= 15 is 0 Å². The molecule has 6 heteroatoms. The molecule has 0 unspecified atom stereocenters. The average Bonchev–Trinajstić information content (AvgIpc) is 2.73. The molecular weight excluding hydrogens is 388 g/mol. The fourth-order valence-electron chi connectivity index (χ4n) is 2.66. The fourth-order valence-corrected chi connectivity index (χ4v) is 2.90. The number of nitrogens with one attached hydrogen (secondary N) is 1. The zero-order chi connectivity index (χ0) is 20.6. The highest BCUT2D eigenvalue weighted by atomic mass is 35.5. The topological polar surface area (TPSA) is 59.9 Å². The number of nitrogens with zero attached hydrogens (tertiary/aromatic N) is 1. The molecule has 0 aliphatic heterocycles. The Kier molecular flexibility index (Phi) is 6.87. The van der Waals surface area contributed by atoms with Crippen LogP contribution in [-0.2, 0) is 6.61 Å². The molecule has 0 aliphatic rings. The van der Waals surface area contributed by atoms with Crippen LogP contribution in [0.4, 0.5) is 0 Å². The summed E-state index contributed by atoms with van der Waals surface area (Å²) in [6.45, 7) is 2.36. The summed E-state index contributed by atoms with van der Waals surface area (Å²) in [5.74, 6) is 0.730. The highest BCUT2D eigenvalue weighted by Crippen LogP contribution is 2.26. The minimum Gasteiger partial charge on any atom is -0.496 e. The molecule has 29 heavy (non-hydrogen) atoms. The van der Waals surface area contributed by atoms with Gasteiger partial charge in [-0.05, 0) is 53.9 Å². The third kappa shape index (κ3) is 5.59. The molecule has 1 N–H and O–H groups in total. The third-order valence-corrected chi connectivity index (χ3v) is 4.47. The molecule has 1 amide bonds. The Balaban J connectivity index is 1.61. The van der Waals surface area contributed by atoms with Crippen molar-refractivity contribution in [3.05, 3.63) is 94.0 Å². The Labute approximate surface area is 174 Å². The van der Waals surface area contributed by atoms with Gasteiger partial charge < -0.3 is 9.47 Å². The molecule has 0 saturated carbocycles. The van der Waals surface area contributed by atoms with Crippen molar-refractivity contribution in [1.29, 1.82) is 0 Å². The number of ether oxygens (including phenoxy) is 2. The molecule has 3 rings (SSSR count). The lowest BCUT2D eigenvalue weighted by molar-refractivity contribution is 0.0952. The summed E-state index contributed by atoms with van der Waals surface area (Å²) in [5, 5.41) is 4.47. The van der Waals surface area contributed by atoms with Gasteiger partial charge in [0.05, 0.1) is 23.9 Å². The van der Waals surface area contributed by atoms with Crippen LogP contribution in [0.3, 0.4) is 0 Å². The number of benzene rings is 3. The van der Waals surface area contributed by atoms with E-state index in [0.29, 0.717) is 28.7 Å². The van der Waals surface area contributed by atoms with Crippen LogP contribution < -0.4 is 14.9 Å². The molecule has 0 fully saturated rings. The van der Waals surface area contributed by atoms with Crippen molar-refractivity contribution in [2.75, 3.05) is 7.11 Å². The minimum atomic E-state index is -0.355. The number of carbonyl (C=O) groups excluding carboxylic acids is 1. The predicted molar refractivity (Wildman–Crippen MR) is 115 cm³/mol. The van der Waals surface area contributed by atoms with Gasteiger partial charge >= 0.3 is 0 Å². The van der Waals surface area contributed by atoms with E-state index in [-0.39, 0.29) is 5.91 Å². The first-order chi connectivity index (χ1) is 14.1. The number of halogens is 1. The monoisotopic (exact) mass is 408 g/mol. The average molecular weight is 409 g/mol. The van der Waals surface area contributed by atoms with Gasteiger partial charge in [-0.15, -0.1) is 0 Å². The SMILES string of the molecule is COc1cc(C)ccc1C(=O)N/N=C\c1ccc(OCc2ccccc2)c(Cl)c1. The number of methoxy groups -OCH3 is 1. The van der Waals surface area contributed by atoms with E-state index in [9.17, 15) is 4.79 Å². The second-order valence-corrected chi connectivity index (χ2v) is 6.77. The standard InChI is InChI=1S/C23H21ClN2O3/c1-16-8-10-19(22(12-16)28-2)23(27)26-25-14-18-9-11-21(20(24)13-18)29-15-17-6-4-3-5-7-17/h3-14H,15H2,1-2H3,(H,26,27)/b25-14-. The number of amides is 1. The van der Waals surface area contributed by atoms with Crippen LogP contribution in [0.1, 0.15) is 27.0 Å². The van der Waals surface area contributed by atoms with Crippen molar-refractivity contribution in [1.82, 2.24) is 5.43 Å². The Morgan fingerprint density at radius 3 is 2.59 bits per heavy atom. The van der Waals surface area contributed by atoms with Crippen molar-refractivity contribution in [2.45, 2.75) is 13.5 Å². The lowest BCUT2D eigenvalue weighted by Crippen LogP contribution is -2.18. The van der Waals surface area contributed by atoms with Gasteiger partial charge in [-0.1, -0.05) is 48.0 Å².